The Morgan fingerprint density at radius 3 is 1.83 bits per heavy atom. The minimum Gasteiger partial charge on any atom is -0.480 e. The van der Waals surface area contributed by atoms with E-state index in [1.165, 1.54) is 0 Å². The molecule has 0 unspecified atom stereocenters. The number of aromatic nitrogens is 3. The third-order valence-corrected chi connectivity index (χ3v) is 5.06. The molecule has 8 nitrogen and oxygen atoms in total. The zero-order chi connectivity index (χ0) is 20.9. The fraction of sp³-hybridized carbons (Fsp3) is 0.227. The van der Waals surface area contributed by atoms with Gasteiger partial charge in [-0.15, -0.1) is 10.2 Å². The molecule has 4 rings (SSSR count). The second-order valence-electron chi connectivity index (χ2n) is 6.86. The summed E-state index contributed by atoms with van der Waals surface area (Å²) in [5.41, 5.74) is 2.80. The number of carbonyl (C=O) groups is 2. The molecule has 1 fully saturated rings. The molecule has 0 radical (unpaired) electrons. The molecule has 3 aromatic rings. The van der Waals surface area contributed by atoms with Gasteiger partial charge in [0.1, 0.15) is 0 Å². The topological polar surface area (TPSA) is 88.5 Å². The van der Waals surface area contributed by atoms with Crippen molar-refractivity contribution >= 4 is 11.8 Å². The van der Waals surface area contributed by atoms with Gasteiger partial charge in [-0.2, -0.15) is 0 Å². The van der Waals surface area contributed by atoms with Gasteiger partial charge in [0.05, 0.1) is 12.8 Å². The van der Waals surface area contributed by atoms with Crippen LogP contribution in [0.5, 0.6) is 5.88 Å². The van der Waals surface area contributed by atoms with Crippen LogP contribution in [0, 0.1) is 0 Å². The van der Waals surface area contributed by atoms with Crippen molar-refractivity contribution in [2.75, 3.05) is 33.3 Å². The first-order chi connectivity index (χ1) is 14.7. The molecule has 0 saturated carbocycles. The number of methoxy groups -OCH3 is 1. The number of hydrogen-bond acceptors (Lipinski definition) is 6. The summed E-state index contributed by atoms with van der Waals surface area (Å²) in [6.45, 7) is 2.02. The Balaban J connectivity index is 1.37. The minimum atomic E-state index is -0.0432. The maximum Gasteiger partial charge on any atom is 0.254 e. The van der Waals surface area contributed by atoms with E-state index in [-0.39, 0.29) is 11.8 Å². The molecule has 30 heavy (non-hydrogen) atoms. The average molecular weight is 403 g/mol. The molecule has 1 aromatic carbocycles. The van der Waals surface area contributed by atoms with E-state index in [1.807, 2.05) is 18.2 Å². The van der Waals surface area contributed by atoms with Gasteiger partial charge in [-0.05, 0) is 30.3 Å². The number of amides is 2. The number of carbonyl (C=O) groups excluding carboxylic acids is 2. The lowest BCUT2D eigenvalue weighted by Crippen LogP contribution is -2.50. The lowest BCUT2D eigenvalue weighted by atomic mass is 10.1. The summed E-state index contributed by atoms with van der Waals surface area (Å²) < 4.78 is 5.02. The molecule has 2 amide bonds. The molecule has 0 spiro atoms. The molecule has 1 aliphatic heterocycles. The van der Waals surface area contributed by atoms with Gasteiger partial charge < -0.3 is 14.5 Å². The molecule has 8 heteroatoms. The van der Waals surface area contributed by atoms with Gasteiger partial charge in [0.2, 0.25) is 5.88 Å². The summed E-state index contributed by atoms with van der Waals surface area (Å²) in [6, 6.07) is 14.3. The molecule has 2 aromatic heterocycles. The molecule has 1 saturated heterocycles. The fourth-order valence-electron chi connectivity index (χ4n) is 3.34. The van der Waals surface area contributed by atoms with Crippen LogP contribution in [0.3, 0.4) is 0 Å². The number of nitrogens with zero attached hydrogens (tertiary/aromatic N) is 5. The van der Waals surface area contributed by atoms with Gasteiger partial charge in [0, 0.05) is 61.3 Å². The summed E-state index contributed by atoms with van der Waals surface area (Å²) in [5.74, 6) is 0.375. The average Bonchev–Trinajstić information content (AvgIpc) is 2.84. The molecule has 152 valence electrons. The highest BCUT2D eigenvalue weighted by molar-refractivity contribution is 5.96. The first-order valence-electron chi connectivity index (χ1n) is 9.62. The van der Waals surface area contributed by atoms with E-state index >= 15 is 0 Å². The minimum absolute atomic E-state index is 0.0329. The van der Waals surface area contributed by atoms with Crippen molar-refractivity contribution in [3.05, 3.63) is 72.1 Å². The van der Waals surface area contributed by atoms with Gasteiger partial charge in [-0.25, -0.2) is 0 Å². The molecular formula is C22H21N5O3. The molecular weight excluding hydrogens is 382 g/mol. The first kappa shape index (κ1) is 19.5. The van der Waals surface area contributed by atoms with Gasteiger partial charge in [0.25, 0.3) is 11.8 Å². The van der Waals surface area contributed by atoms with Gasteiger partial charge >= 0.3 is 0 Å². The van der Waals surface area contributed by atoms with Crippen molar-refractivity contribution in [3.8, 4) is 17.1 Å². The number of rotatable bonds is 4. The van der Waals surface area contributed by atoms with Crippen LogP contribution in [-0.4, -0.2) is 70.1 Å². The number of ether oxygens (including phenoxy) is 1. The van der Waals surface area contributed by atoms with Crippen LogP contribution < -0.4 is 4.74 Å². The summed E-state index contributed by atoms with van der Waals surface area (Å²) in [5, 5.41) is 8.09. The van der Waals surface area contributed by atoms with Crippen LogP contribution in [0.4, 0.5) is 0 Å². The van der Waals surface area contributed by atoms with Gasteiger partial charge in [-0.3, -0.25) is 14.6 Å². The van der Waals surface area contributed by atoms with Crippen LogP contribution >= 0.6 is 0 Å². The Kier molecular flexibility index (Phi) is 5.65. The molecule has 0 atom stereocenters. The van der Waals surface area contributed by atoms with Crippen molar-refractivity contribution in [2.45, 2.75) is 0 Å². The molecule has 0 N–H and O–H groups in total. The predicted molar refractivity (Wildman–Crippen MR) is 110 cm³/mol. The summed E-state index contributed by atoms with van der Waals surface area (Å²) in [7, 11) is 1.54. The normalized spacial score (nSPS) is 13.8. The van der Waals surface area contributed by atoms with Crippen molar-refractivity contribution in [1.29, 1.82) is 0 Å². The summed E-state index contributed by atoms with van der Waals surface area (Å²) >= 11 is 0. The van der Waals surface area contributed by atoms with Crippen molar-refractivity contribution in [1.82, 2.24) is 25.0 Å². The molecule has 0 aliphatic carbocycles. The first-order valence-corrected chi connectivity index (χ1v) is 9.62. The Hall–Kier alpha value is -3.81. The van der Waals surface area contributed by atoms with E-state index in [0.717, 1.165) is 5.56 Å². The lowest BCUT2D eigenvalue weighted by Gasteiger charge is -2.34. The Morgan fingerprint density at radius 2 is 1.33 bits per heavy atom. The summed E-state index contributed by atoms with van der Waals surface area (Å²) in [4.78, 5) is 32.9. The summed E-state index contributed by atoms with van der Waals surface area (Å²) in [6.07, 6.45) is 3.21. The SMILES string of the molecule is COc1ccc(-c2ccc(C(=O)N3CCN(C(=O)c4ccncc4)CC3)cc2)nn1. The molecule has 0 bridgehead atoms. The Morgan fingerprint density at radius 1 is 0.767 bits per heavy atom. The Bertz CT molecular complexity index is 1010. The van der Waals surface area contributed by atoms with Crippen LogP contribution in [-0.2, 0) is 0 Å². The fourth-order valence-corrected chi connectivity index (χ4v) is 3.34. The maximum absolute atomic E-state index is 12.8. The van der Waals surface area contributed by atoms with Crippen LogP contribution in [0.15, 0.2) is 60.9 Å². The standard InChI is InChI=1S/C22H21N5O3/c1-30-20-7-6-19(24-25-20)16-2-4-17(5-3-16)21(28)26-12-14-27(15-13-26)22(29)18-8-10-23-11-9-18/h2-11H,12-15H2,1H3. The van der Waals surface area contributed by atoms with Crippen LogP contribution in [0.2, 0.25) is 0 Å². The number of piperazine rings is 1. The highest BCUT2D eigenvalue weighted by atomic mass is 16.5. The lowest BCUT2D eigenvalue weighted by molar-refractivity contribution is 0.0535. The van der Waals surface area contributed by atoms with Gasteiger partial charge in [0.15, 0.2) is 0 Å². The zero-order valence-corrected chi connectivity index (χ0v) is 16.6. The van der Waals surface area contributed by atoms with Crippen molar-refractivity contribution in [3.63, 3.8) is 0 Å². The highest BCUT2D eigenvalue weighted by Gasteiger charge is 2.25. The van der Waals surface area contributed by atoms with Crippen LogP contribution in [0.25, 0.3) is 11.3 Å². The largest absolute Gasteiger partial charge is 0.480 e. The zero-order valence-electron chi connectivity index (χ0n) is 16.6. The second-order valence-corrected chi connectivity index (χ2v) is 6.86. The third kappa shape index (κ3) is 4.12. The second kappa shape index (κ2) is 8.69. The molecule has 3 heterocycles. The van der Waals surface area contributed by atoms with Crippen molar-refractivity contribution < 1.29 is 14.3 Å². The predicted octanol–water partition coefficient (Wildman–Crippen LogP) is 2.15. The molecule has 1 aliphatic rings. The van der Waals surface area contributed by atoms with E-state index in [4.69, 9.17) is 4.74 Å². The van der Waals surface area contributed by atoms with E-state index in [0.29, 0.717) is 48.9 Å². The number of pyridine rings is 1. The van der Waals surface area contributed by atoms with Crippen molar-refractivity contribution in [2.24, 2.45) is 0 Å². The number of hydrogen-bond donors (Lipinski definition) is 0. The van der Waals surface area contributed by atoms with E-state index in [1.54, 1.807) is 59.6 Å². The van der Waals surface area contributed by atoms with E-state index in [2.05, 4.69) is 15.2 Å². The smallest absolute Gasteiger partial charge is 0.254 e. The quantitative estimate of drug-likeness (QED) is 0.663. The third-order valence-electron chi connectivity index (χ3n) is 5.06. The van der Waals surface area contributed by atoms with Crippen LogP contribution in [0.1, 0.15) is 20.7 Å². The highest BCUT2D eigenvalue weighted by Crippen LogP contribution is 2.19. The monoisotopic (exact) mass is 403 g/mol. The van der Waals surface area contributed by atoms with E-state index < -0.39 is 0 Å². The number of benzene rings is 1. The maximum atomic E-state index is 12.8. The van der Waals surface area contributed by atoms with E-state index in [9.17, 15) is 9.59 Å². The Labute approximate surface area is 174 Å². The van der Waals surface area contributed by atoms with Gasteiger partial charge in [-0.1, -0.05) is 12.1 Å².